The molecule has 0 spiro atoms. The molecule has 3 aromatic rings. The van der Waals surface area contributed by atoms with Gasteiger partial charge in [0, 0.05) is 21.9 Å². The third-order valence-corrected chi connectivity index (χ3v) is 4.82. The molecule has 3 aromatic carbocycles. The van der Waals surface area contributed by atoms with Crippen molar-refractivity contribution in [3.05, 3.63) is 57.6 Å². The second kappa shape index (κ2) is 8.61. The molecule has 3 rings (SSSR count). The molecule has 0 aliphatic heterocycles. The second-order valence-corrected chi connectivity index (χ2v) is 7.28. The van der Waals surface area contributed by atoms with Crippen molar-refractivity contribution >= 4 is 49.6 Å². The fraction of sp³-hybridized carbons (Fsp3) is 0. The van der Waals surface area contributed by atoms with Gasteiger partial charge >= 0.3 is 35.2 Å². The van der Waals surface area contributed by atoms with Crippen LogP contribution in [-0.2, 0) is 10.1 Å². The minimum absolute atomic E-state index is 0. The number of rotatable bonds is 4. The Morgan fingerprint density at radius 3 is 2.07 bits per heavy atom. The summed E-state index contributed by atoms with van der Waals surface area (Å²) in [5.41, 5.74) is -1.50. The number of phenolic OH excluding ortho intramolecular Hbond substituents is 2. The van der Waals surface area contributed by atoms with Gasteiger partial charge in [-0.2, -0.15) is 0 Å². The minimum atomic E-state index is -4.91. The number of aromatic hydroxyl groups is 2. The van der Waals surface area contributed by atoms with Gasteiger partial charge in [-0.05, 0) is 12.1 Å². The third kappa shape index (κ3) is 4.66. The third-order valence-electron chi connectivity index (χ3n) is 3.72. The van der Waals surface area contributed by atoms with E-state index in [1.165, 1.54) is 24.3 Å². The van der Waals surface area contributed by atoms with Crippen LogP contribution >= 0.6 is 11.6 Å². The molecule has 29 heavy (non-hydrogen) atoms. The summed E-state index contributed by atoms with van der Waals surface area (Å²) in [4.78, 5) is 9.42. The van der Waals surface area contributed by atoms with Crippen LogP contribution < -0.4 is 29.6 Å². The van der Waals surface area contributed by atoms with Gasteiger partial charge in [0.2, 0.25) is 5.75 Å². The normalized spacial score (nSPS) is 11.5. The van der Waals surface area contributed by atoms with Crippen molar-refractivity contribution in [1.29, 1.82) is 0 Å². The SMILES string of the molecule is O=[N+]([O-])c1cc(Cl)cc(N=Nc2cc(S(=O)(=O)[O-])c3ccccc3c2O)c1O.[Na+]. The molecule has 0 radical (unpaired) electrons. The molecule has 0 bridgehead atoms. The predicted molar refractivity (Wildman–Crippen MR) is 97.5 cm³/mol. The predicted octanol–water partition coefficient (Wildman–Crippen LogP) is 1.14. The molecule has 0 aliphatic carbocycles. The number of nitro groups is 1. The summed E-state index contributed by atoms with van der Waals surface area (Å²) in [5.74, 6) is -1.29. The van der Waals surface area contributed by atoms with Gasteiger partial charge in [0.15, 0.2) is 5.75 Å². The Balaban J connectivity index is 0.00000300. The van der Waals surface area contributed by atoms with Gasteiger partial charge in [0.05, 0.1) is 9.82 Å². The molecule has 0 amide bonds. The van der Waals surface area contributed by atoms with Crippen LogP contribution in [0.15, 0.2) is 57.6 Å². The number of nitrogens with zero attached hydrogens (tertiary/aromatic N) is 3. The number of phenols is 2. The van der Waals surface area contributed by atoms with E-state index in [-0.39, 0.29) is 45.4 Å². The van der Waals surface area contributed by atoms with Gasteiger partial charge in [-0.3, -0.25) is 10.1 Å². The number of nitro benzene ring substituents is 1. The summed E-state index contributed by atoms with van der Waals surface area (Å²) >= 11 is 5.76. The van der Waals surface area contributed by atoms with Gasteiger partial charge in [0.1, 0.15) is 21.5 Å². The van der Waals surface area contributed by atoms with E-state index in [4.69, 9.17) is 11.6 Å². The first-order chi connectivity index (χ1) is 13.1. The number of fused-ring (bicyclic) bond motifs is 1. The summed E-state index contributed by atoms with van der Waals surface area (Å²) in [6.07, 6.45) is 0. The maximum atomic E-state index is 11.6. The Morgan fingerprint density at radius 2 is 1.52 bits per heavy atom. The van der Waals surface area contributed by atoms with Crippen molar-refractivity contribution < 1.29 is 57.7 Å². The summed E-state index contributed by atoms with van der Waals surface area (Å²) in [6, 6.07) is 8.52. The first-order valence-corrected chi connectivity index (χ1v) is 9.17. The number of hydrogen-bond acceptors (Lipinski definition) is 9. The van der Waals surface area contributed by atoms with Gasteiger partial charge < -0.3 is 14.8 Å². The van der Waals surface area contributed by atoms with Crippen LogP contribution in [0.2, 0.25) is 5.02 Å². The van der Waals surface area contributed by atoms with E-state index in [0.717, 1.165) is 18.2 Å². The molecule has 0 heterocycles. The van der Waals surface area contributed by atoms with Gasteiger partial charge in [-0.1, -0.05) is 35.9 Å². The van der Waals surface area contributed by atoms with Crippen molar-refractivity contribution in [1.82, 2.24) is 0 Å². The molecule has 0 aromatic heterocycles. The van der Waals surface area contributed by atoms with Crippen molar-refractivity contribution in [3.8, 4) is 11.5 Å². The maximum Gasteiger partial charge on any atom is 1.00 e. The van der Waals surface area contributed by atoms with E-state index in [2.05, 4.69) is 10.2 Å². The zero-order valence-corrected chi connectivity index (χ0v) is 18.2. The molecular formula is C16H9ClN3NaO7S. The smallest absolute Gasteiger partial charge is 0.744 e. The molecule has 0 atom stereocenters. The Kier molecular flexibility index (Phi) is 6.83. The van der Waals surface area contributed by atoms with E-state index < -0.39 is 48.5 Å². The number of benzene rings is 3. The minimum Gasteiger partial charge on any atom is -0.744 e. The first-order valence-electron chi connectivity index (χ1n) is 7.39. The van der Waals surface area contributed by atoms with E-state index >= 15 is 0 Å². The number of hydrogen-bond donors (Lipinski definition) is 2. The Bertz CT molecular complexity index is 1270. The van der Waals surface area contributed by atoms with E-state index in [9.17, 15) is 33.3 Å². The van der Waals surface area contributed by atoms with Gasteiger partial charge in [-0.15, -0.1) is 10.2 Å². The summed E-state index contributed by atoms with van der Waals surface area (Å²) < 4.78 is 34.7. The van der Waals surface area contributed by atoms with Crippen LogP contribution in [0.4, 0.5) is 17.1 Å². The quantitative estimate of drug-likeness (QED) is 0.199. The van der Waals surface area contributed by atoms with Crippen LogP contribution in [0.1, 0.15) is 0 Å². The Hall–Kier alpha value is -2.28. The van der Waals surface area contributed by atoms with Crippen LogP contribution in [0.25, 0.3) is 10.8 Å². The topological polar surface area (TPSA) is 166 Å². The fourth-order valence-electron chi connectivity index (χ4n) is 2.49. The molecular weight excluding hydrogens is 437 g/mol. The van der Waals surface area contributed by atoms with Gasteiger partial charge in [-0.25, -0.2) is 8.42 Å². The first kappa shape index (κ1) is 23.0. The molecule has 0 unspecified atom stereocenters. The molecule has 0 fully saturated rings. The van der Waals surface area contributed by atoms with E-state index in [1.54, 1.807) is 0 Å². The van der Waals surface area contributed by atoms with E-state index in [0.29, 0.717) is 0 Å². The number of halogens is 1. The van der Waals surface area contributed by atoms with Crippen molar-refractivity contribution in [2.24, 2.45) is 10.2 Å². The summed E-state index contributed by atoms with van der Waals surface area (Å²) in [7, 11) is -4.91. The summed E-state index contributed by atoms with van der Waals surface area (Å²) in [6.45, 7) is 0. The standard InChI is InChI=1S/C16H10ClN3O7S.Na/c17-8-5-11(16(22)13(6-8)20(23)24)18-19-12-7-14(28(25,26)27)9-3-1-2-4-10(9)15(12)21;/h1-7,21-22H,(H,25,26,27);/q;+1/p-1. The Labute approximate surface area is 190 Å². The average molecular weight is 446 g/mol. The molecule has 13 heteroatoms. The molecule has 0 aliphatic rings. The molecule has 0 saturated heterocycles. The molecule has 0 saturated carbocycles. The van der Waals surface area contributed by atoms with Crippen molar-refractivity contribution in [2.45, 2.75) is 4.90 Å². The van der Waals surface area contributed by atoms with Crippen molar-refractivity contribution in [2.75, 3.05) is 0 Å². The maximum absolute atomic E-state index is 11.6. The van der Waals surface area contributed by atoms with Crippen LogP contribution in [0.5, 0.6) is 11.5 Å². The average Bonchev–Trinajstić information content (AvgIpc) is 2.62. The molecule has 144 valence electrons. The second-order valence-electron chi connectivity index (χ2n) is 5.49. The zero-order valence-electron chi connectivity index (χ0n) is 14.6. The van der Waals surface area contributed by atoms with Crippen LogP contribution in [0, 0.1) is 10.1 Å². The Morgan fingerprint density at radius 1 is 0.966 bits per heavy atom. The number of azo groups is 1. The molecule has 2 N–H and O–H groups in total. The van der Waals surface area contributed by atoms with Crippen molar-refractivity contribution in [3.63, 3.8) is 0 Å². The largest absolute Gasteiger partial charge is 1.00 e. The van der Waals surface area contributed by atoms with E-state index in [1.807, 2.05) is 0 Å². The monoisotopic (exact) mass is 445 g/mol. The molecule has 10 nitrogen and oxygen atoms in total. The fourth-order valence-corrected chi connectivity index (χ4v) is 3.40. The zero-order chi connectivity index (χ0) is 20.6. The van der Waals surface area contributed by atoms with Crippen LogP contribution in [-0.4, -0.2) is 28.1 Å². The van der Waals surface area contributed by atoms with Gasteiger partial charge in [0.25, 0.3) is 0 Å². The summed E-state index contributed by atoms with van der Waals surface area (Å²) in [5, 5.41) is 38.3. The van der Waals surface area contributed by atoms with Crippen LogP contribution in [0.3, 0.4) is 0 Å².